The summed E-state index contributed by atoms with van der Waals surface area (Å²) in [6.45, 7) is 4.30. The van der Waals surface area contributed by atoms with Gasteiger partial charge in [-0.25, -0.2) is 0 Å². The van der Waals surface area contributed by atoms with Gasteiger partial charge < -0.3 is 5.73 Å². The maximum atomic E-state index is 6.22. The molecule has 0 aliphatic carbocycles. The number of hydrogen-bond donors (Lipinski definition) is 1. The molecule has 2 nitrogen and oxygen atoms in total. The molecule has 2 N–H and O–H groups in total. The highest BCUT2D eigenvalue weighted by atomic mass is 14.7. The fourth-order valence-electron chi connectivity index (χ4n) is 2.37. The molecule has 0 saturated carbocycles. The largest absolute Gasteiger partial charge is 0.324 e. The van der Waals surface area contributed by atoms with Crippen LogP contribution in [-0.2, 0) is 0 Å². The number of aromatic nitrogens is 1. The highest BCUT2D eigenvalue weighted by molar-refractivity contribution is 5.21. The van der Waals surface area contributed by atoms with E-state index >= 15 is 0 Å². The highest BCUT2D eigenvalue weighted by Crippen LogP contribution is 2.19. The van der Waals surface area contributed by atoms with Crippen molar-refractivity contribution in [1.82, 2.24) is 4.98 Å². The maximum Gasteiger partial charge on any atom is 0.0420 e. The van der Waals surface area contributed by atoms with Gasteiger partial charge in [0.15, 0.2) is 0 Å². The first kappa shape index (κ1) is 15.2. The standard InChI is InChI=1S/C16H28N2/c1-3-4-5-6-7-8-9-12-16(17)15-11-10-13-18-14(15)2/h10-11,13,16H,3-9,12,17H2,1-2H3. The van der Waals surface area contributed by atoms with Crippen molar-refractivity contribution in [2.75, 3.05) is 0 Å². The molecule has 0 fully saturated rings. The molecule has 1 heterocycles. The summed E-state index contributed by atoms with van der Waals surface area (Å²) in [5, 5.41) is 0. The summed E-state index contributed by atoms with van der Waals surface area (Å²) in [6.07, 6.45) is 12.3. The summed E-state index contributed by atoms with van der Waals surface area (Å²) in [6, 6.07) is 4.25. The van der Waals surface area contributed by atoms with Crippen LogP contribution in [0, 0.1) is 6.92 Å². The Morgan fingerprint density at radius 2 is 1.78 bits per heavy atom. The lowest BCUT2D eigenvalue weighted by molar-refractivity contribution is 0.539. The molecule has 18 heavy (non-hydrogen) atoms. The number of nitrogens with two attached hydrogens (primary N) is 1. The summed E-state index contributed by atoms with van der Waals surface area (Å²) in [5.41, 5.74) is 8.51. The Bertz CT molecular complexity index is 323. The molecule has 0 bridgehead atoms. The summed E-state index contributed by atoms with van der Waals surface area (Å²) in [5.74, 6) is 0. The minimum atomic E-state index is 0.161. The van der Waals surface area contributed by atoms with E-state index in [4.69, 9.17) is 5.73 Å². The monoisotopic (exact) mass is 248 g/mol. The molecule has 1 atom stereocenters. The van der Waals surface area contributed by atoms with Gasteiger partial charge in [-0.2, -0.15) is 0 Å². The van der Waals surface area contributed by atoms with E-state index in [2.05, 4.69) is 18.0 Å². The quantitative estimate of drug-likeness (QED) is 0.652. The van der Waals surface area contributed by atoms with Crippen molar-refractivity contribution in [2.45, 2.75) is 71.3 Å². The van der Waals surface area contributed by atoms with E-state index in [0.29, 0.717) is 0 Å². The molecule has 0 saturated heterocycles. The van der Waals surface area contributed by atoms with Crippen LogP contribution in [0.25, 0.3) is 0 Å². The third kappa shape index (κ3) is 5.63. The summed E-state index contributed by atoms with van der Waals surface area (Å²) in [7, 11) is 0. The van der Waals surface area contributed by atoms with E-state index < -0.39 is 0 Å². The number of unbranched alkanes of at least 4 members (excludes halogenated alkanes) is 6. The predicted molar refractivity (Wildman–Crippen MR) is 78.5 cm³/mol. The maximum absolute atomic E-state index is 6.22. The van der Waals surface area contributed by atoms with E-state index in [0.717, 1.165) is 12.1 Å². The van der Waals surface area contributed by atoms with Gasteiger partial charge >= 0.3 is 0 Å². The zero-order valence-corrected chi connectivity index (χ0v) is 12.0. The topological polar surface area (TPSA) is 38.9 Å². The molecule has 2 heteroatoms. The SMILES string of the molecule is CCCCCCCCCC(N)c1cccnc1C. The van der Waals surface area contributed by atoms with Crippen molar-refractivity contribution in [3.8, 4) is 0 Å². The van der Waals surface area contributed by atoms with Crippen molar-refractivity contribution < 1.29 is 0 Å². The van der Waals surface area contributed by atoms with Crippen LogP contribution in [0.5, 0.6) is 0 Å². The minimum Gasteiger partial charge on any atom is -0.324 e. The van der Waals surface area contributed by atoms with Gasteiger partial charge in [-0.05, 0) is 25.0 Å². The lowest BCUT2D eigenvalue weighted by Gasteiger charge is -2.13. The Morgan fingerprint density at radius 3 is 2.44 bits per heavy atom. The van der Waals surface area contributed by atoms with Crippen LogP contribution < -0.4 is 5.73 Å². The van der Waals surface area contributed by atoms with E-state index in [1.807, 2.05) is 19.2 Å². The Balaban J connectivity index is 2.14. The lowest BCUT2D eigenvalue weighted by Crippen LogP contribution is -2.12. The summed E-state index contributed by atoms with van der Waals surface area (Å²) >= 11 is 0. The second-order valence-electron chi connectivity index (χ2n) is 5.19. The highest BCUT2D eigenvalue weighted by Gasteiger charge is 2.08. The molecule has 0 aliphatic heterocycles. The number of nitrogens with zero attached hydrogens (tertiary/aromatic N) is 1. The van der Waals surface area contributed by atoms with Crippen molar-refractivity contribution in [2.24, 2.45) is 5.73 Å². The Morgan fingerprint density at radius 1 is 1.11 bits per heavy atom. The fourth-order valence-corrected chi connectivity index (χ4v) is 2.37. The molecule has 1 rings (SSSR count). The number of rotatable bonds is 9. The van der Waals surface area contributed by atoms with Gasteiger partial charge in [-0.3, -0.25) is 4.98 Å². The van der Waals surface area contributed by atoms with Crippen LogP contribution in [-0.4, -0.2) is 4.98 Å². The van der Waals surface area contributed by atoms with Gasteiger partial charge in [0.25, 0.3) is 0 Å². The number of hydrogen-bond acceptors (Lipinski definition) is 2. The third-order valence-corrected chi connectivity index (χ3v) is 3.57. The lowest BCUT2D eigenvalue weighted by atomic mass is 9.99. The number of aryl methyl sites for hydroxylation is 1. The van der Waals surface area contributed by atoms with E-state index in [1.165, 1.54) is 50.5 Å². The molecule has 1 aromatic heterocycles. The molecule has 1 unspecified atom stereocenters. The van der Waals surface area contributed by atoms with Gasteiger partial charge in [0.05, 0.1) is 0 Å². The van der Waals surface area contributed by atoms with Crippen molar-refractivity contribution in [3.05, 3.63) is 29.6 Å². The van der Waals surface area contributed by atoms with Crippen molar-refractivity contribution in [1.29, 1.82) is 0 Å². The first-order chi connectivity index (χ1) is 8.75. The third-order valence-electron chi connectivity index (χ3n) is 3.57. The Kier molecular flexibility index (Phi) is 7.66. The Labute approximate surface area is 112 Å². The van der Waals surface area contributed by atoms with E-state index in [9.17, 15) is 0 Å². The second-order valence-corrected chi connectivity index (χ2v) is 5.19. The minimum absolute atomic E-state index is 0.161. The Hall–Kier alpha value is -0.890. The predicted octanol–water partition coefficient (Wildman–Crippen LogP) is 4.53. The van der Waals surface area contributed by atoms with Gasteiger partial charge in [0, 0.05) is 17.9 Å². The van der Waals surface area contributed by atoms with Gasteiger partial charge in [0.2, 0.25) is 0 Å². The fraction of sp³-hybridized carbons (Fsp3) is 0.688. The second kappa shape index (κ2) is 9.09. The zero-order chi connectivity index (χ0) is 13.2. The normalized spacial score (nSPS) is 12.6. The summed E-state index contributed by atoms with van der Waals surface area (Å²) < 4.78 is 0. The molecule has 1 aromatic rings. The van der Waals surface area contributed by atoms with Crippen LogP contribution >= 0.6 is 0 Å². The van der Waals surface area contributed by atoms with Crippen LogP contribution in [0.4, 0.5) is 0 Å². The van der Waals surface area contributed by atoms with Crippen LogP contribution in [0.3, 0.4) is 0 Å². The van der Waals surface area contributed by atoms with Gasteiger partial charge in [0.1, 0.15) is 0 Å². The molecule has 0 spiro atoms. The molecule has 0 radical (unpaired) electrons. The molecular formula is C16H28N2. The van der Waals surface area contributed by atoms with Gasteiger partial charge in [-0.15, -0.1) is 0 Å². The van der Waals surface area contributed by atoms with Crippen molar-refractivity contribution in [3.63, 3.8) is 0 Å². The molecule has 0 amide bonds. The van der Waals surface area contributed by atoms with E-state index in [1.54, 1.807) is 0 Å². The number of pyridine rings is 1. The molecule has 102 valence electrons. The summed E-state index contributed by atoms with van der Waals surface area (Å²) in [4.78, 5) is 4.30. The molecular weight excluding hydrogens is 220 g/mol. The first-order valence-corrected chi connectivity index (χ1v) is 7.42. The van der Waals surface area contributed by atoms with Crippen LogP contribution in [0.2, 0.25) is 0 Å². The molecule has 0 aromatic carbocycles. The van der Waals surface area contributed by atoms with Gasteiger partial charge in [-0.1, -0.05) is 57.9 Å². The molecule has 0 aliphatic rings. The first-order valence-electron chi connectivity index (χ1n) is 7.42. The zero-order valence-electron chi connectivity index (χ0n) is 12.0. The van der Waals surface area contributed by atoms with Crippen LogP contribution in [0.1, 0.15) is 75.6 Å². The van der Waals surface area contributed by atoms with Crippen molar-refractivity contribution >= 4 is 0 Å². The van der Waals surface area contributed by atoms with E-state index in [-0.39, 0.29) is 6.04 Å². The average Bonchev–Trinajstić information content (AvgIpc) is 2.38. The van der Waals surface area contributed by atoms with Crippen LogP contribution in [0.15, 0.2) is 18.3 Å². The smallest absolute Gasteiger partial charge is 0.0420 e. The average molecular weight is 248 g/mol.